The number of halogens is 3. The molecule has 0 unspecified atom stereocenters. The van der Waals surface area contributed by atoms with E-state index in [1.54, 1.807) is 48.3 Å². The lowest BCUT2D eigenvalue weighted by Crippen LogP contribution is -2.26. The molecule has 2 aromatic carbocycles. The number of rotatable bonds is 3. The normalized spacial score (nSPS) is 10.5. The molecule has 0 aromatic heterocycles. The average Bonchev–Trinajstić information content (AvgIpc) is 2.44. The summed E-state index contributed by atoms with van der Waals surface area (Å²) in [5.74, 6) is -0.164. The minimum Gasteiger partial charge on any atom is -0.398 e. The predicted octanol–water partition coefficient (Wildman–Crippen LogP) is 4.50. The van der Waals surface area contributed by atoms with Crippen molar-refractivity contribution in [3.8, 4) is 0 Å². The van der Waals surface area contributed by atoms with Crippen LogP contribution in [0.4, 0.5) is 5.69 Å². The molecule has 0 aliphatic heterocycles. The molecule has 0 spiro atoms. The van der Waals surface area contributed by atoms with Gasteiger partial charge in [0.1, 0.15) is 0 Å². The highest BCUT2D eigenvalue weighted by atomic mass is 35.5. The van der Waals surface area contributed by atoms with E-state index in [1.807, 2.05) is 0 Å². The molecular weight excluding hydrogens is 331 g/mol. The molecule has 1 amide bonds. The molecule has 2 N–H and O–H groups in total. The monoisotopic (exact) mass is 342 g/mol. The van der Waals surface area contributed by atoms with Gasteiger partial charge in [-0.05, 0) is 35.9 Å². The SMILES string of the molecule is CN(Cc1ccc(Cl)cc1Cl)C(=O)c1ccc(N)c(Cl)c1. The molecule has 0 bridgehead atoms. The minimum absolute atomic E-state index is 0.164. The highest BCUT2D eigenvalue weighted by Gasteiger charge is 2.14. The molecule has 21 heavy (non-hydrogen) atoms. The fourth-order valence-electron chi connectivity index (χ4n) is 1.86. The summed E-state index contributed by atoms with van der Waals surface area (Å²) in [5, 5.41) is 1.44. The van der Waals surface area contributed by atoms with Crippen LogP contribution in [-0.4, -0.2) is 17.9 Å². The van der Waals surface area contributed by atoms with Gasteiger partial charge in [-0.3, -0.25) is 4.79 Å². The van der Waals surface area contributed by atoms with E-state index in [0.717, 1.165) is 5.56 Å². The highest BCUT2D eigenvalue weighted by molar-refractivity contribution is 6.35. The Balaban J connectivity index is 2.17. The van der Waals surface area contributed by atoms with Gasteiger partial charge >= 0.3 is 0 Å². The Kier molecular flexibility index (Phi) is 4.99. The van der Waals surface area contributed by atoms with Gasteiger partial charge in [0.25, 0.3) is 5.91 Å². The molecule has 0 atom stereocenters. The standard InChI is InChI=1S/C15H13Cl3N2O/c1-20(8-10-2-4-11(16)7-12(10)17)15(21)9-3-5-14(19)13(18)6-9/h2-7H,8,19H2,1H3. The third-order valence-electron chi connectivity index (χ3n) is 3.02. The first kappa shape index (κ1) is 16.0. The largest absolute Gasteiger partial charge is 0.398 e. The van der Waals surface area contributed by atoms with Crippen LogP contribution in [0.15, 0.2) is 36.4 Å². The zero-order chi connectivity index (χ0) is 15.6. The number of nitrogens with zero attached hydrogens (tertiary/aromatic N) is 1. The molecule has 0 saturated heterocycles. The van der Waals surface area contributed by atoms with Crippen molar-refractivity contribution in [1.82, 2.24) is 4.90 Å². The van der Waals surface area contributed by atoms with Crippen LogP contribution >= 0.6 is 34.8 Å². The van der Waals surface area contributed by atoms with E-state index in [0.29, 0.717) is 32.9 Å². The Labute approximate surface area is 138 Å². The Morgan fingerprint density at radius 3 is 2.43 bits per heavy atom. The molecular formula is C15H13Cl3N2O. The molecule has 3 nitrogen and oxygen atoms in total. The fraction of sp³-hybridized carbons (Fsp3) is 0.133. The van der Waals surface area contributed by atoms with Crippen LogP contribution in [0.25, 0.3) is 0 Å². The number of benzene rings is 2. The van der Waals surface area contributed by atoms with Gasteiger partial charge in [-0.15, -0.1) is 0 Å². The number of hydrogen-bond donors (Lipinski definition) is 1. The van der Waals surface area contributed by atoms with Crippen LogP contribution in [0, 0.1) is 0 Å². The third kappa shape index (κ3) is 3.82. The van der Waals surface area contributed by atoms with Gasteiger partial charge in [0.05, 0.1) is 10.7 Å². The van der Waals surface area contributed by atoms with Crippen LogP contribution < -0.4 is 5.73 Å². The number of carbonyl (C=O) groups excluding carboxylic acids is 1. The minimum atomic E-state index is -0.164. The predicted molar refractivity (Wildman–Crippen MR) is 88.1 cm³/mol. The summed E-state index contributed by atoms with van der Waals surface area (Å²) >= 11 is 17.9. The van der Waals surface area contributed by atoms with E-state index in [9.17, 15) is 4.79 Å². The smallest absolute Gasteiger partial charge is 0.253 e. The van der Waals surface area contributed by atoms with Gasteiger partial charge in [0.2, 0.25) is 0 Å². The number of hydrogen-bond acceptors (Lipinski definition) is 2. The maximum absolute atomic E-state index is 12.3. The maximum Gasteiger partial charge on any atom is 0.253 e. The van der Waals surface area contributed by atoms with Crippen molar-refractivity contribution < 1.29 is 4.79 Å². The summed E-state index contributed by atoms with van der Waals surface area (Å²) in [5.41, 5.74) is 7.37. The van der Waals surface area contributed by atoms with E-state index in [-0.39, 0.29) is 5.91 Å². The summed E-state index contributed by atoms with van der Waals surface area (Å²) in [7, 11) is 1.69. The van der Waals surface area contributed by atoms with Crippen molar-refractivity contribution >= 4 is 46.4 Å². The lowest BCUT2D eigenvalue weighted by Gasteiger charge is -2.18. The molecule has 110 valence electrons. The Hall–Kier alpha value is -1.42. The van der Waals surface area contributed by atoms with Crippen LogP contribution in [0.2, 0.25) is 15.1 Å². The molecule has 0 heterocycles. The molecule has 0 aliphatic carbocycles. The van der Waals surface area contributed by atoms with Crippen LogP contribution in [0.1, 0.15) is 15.9 Å². The van der Waals surface area contributed by atoms with Crippen molar-refractivity contribution in [2.24, 2.45) is 0 Å². The van der Waals surface area contributed by atoms with Gasteiger partial charge in [-0.25, -0.2) is 0 Å². The second-order valence-electron chi connectivity index (χ2n) is 4.63. The first-order valence-corrected chi connectivity index (χ1v) is 7.26. The van der Waals surface area contributed by atoms with Crippen molar-refractivity contribution in [2.75, 3.05) is 12.8 Å². The van der Waals surface area contributed by atoms with Crippen molar-refractivity contribution in [3.05, 3.63) is 62.6 Å². The van der Waals surface area contributed by atoms with Gasteiger partial charge in [0.15, 0.2) is 0 Å². The molecule has 0 aliphatic rings. The zero-order valence-electron chi connectivity index (χ0n) is 11.2. The molecule has 2 rings (SSSR count). The van der Waals surface area contributed by atoms with Gasteiger partial charge in [0, 0.05) is 29.2 Å². The summed E-state index contributed by atoms with van der Waals surface area (Å²) in [6, 6.07) is 9.99. The number of nitrogen functional groups attached to an aromatic ring is 1. The van der Waals surface area contributed by atoms with Crippen LogP contribution in [0.3, 0.4) is 0 Å². The number of anilines is 1. The Morgan fingerprint density at radius 2 is 1.81 bits per heavy atom. The lowest BCUT2D eigenvalue weighted by atomic mass is 10.1. The van der Waals surface area contributed by atoms with Gasteiger partial charge in [-0.1, -0.05) is 40.9 Å². The zero-order valence-corrected chi connectivity index (χ0v) is 13.5. The lowest BCUT2D eigenvalue weighted by molar-refractivity contribution is 0.0785. The summed E-state index contributed by atoms with van der Waals surface area (Å²) < 4.78 is 0. The number of nitrogens with two attached hydrogens (primary N) is 1. The van der Waals surface area contributed by atoms with Crippen molar-refractivity contribution in [1.29, 1.82) is 0 Å². The number of amides is 1. The van der Waals surface area contributed by atoms with Crippen LogP contribution in [-0.2, 0) is 6.54 Å². The Bertz CT molecular complexity index is 689. The Morgan fingerprint density at radius 1 is 1.10 bits per heavy atom. The first-order valence-electron chi connectivity index (χ1n) is 6.13. The summed E-state index contributed by atoms with van der Waals surface area (Å²) in [6.07, 6.45) is 0. The first-order chi connectivity index (χ1) is 9.88. The molecule has 0 saturated carbocycles. The molecule has 6 heteroatoms. The van der Waals surface area contributed by atoms with E-state index in [1.165, 1.54) is 0 Å². The summed E-state index contributed by atoms with van der Waals surface area (Å²) in [6.45, 7) is 0.372. The highest BCUT2D eigenvalue weighted by Crippen LogP contribution is 2.24. The molecule has 0 radical (unpaired) electrons. The maximum atomic E-state index is 12.3. The quantitative estimate of drug-likeness (QED) is 0.834. The fourth-order valence-corrected chi connectivity index (χ4v) is 2.51. The second kappa shape index (κ2) is 6.56. The van der Waals surface area contributed by atoms with Crippen molar-refractivity contribution in [2.45, 2.75) is 6.54 Å². The van der Waals surface area contributed by atoms with E-state index < -0.39 is 0 Å². The van der Waals surface area contributed by atoms with Crippen molar-refractivity contribution in [3.63, 3.8) is 0 Å². The van der Waals surface area contributed by atoms with E-state index >= 15 is 0 Å². The van der Waals surface area contributed by atoms with E-state index in [4.69, 9.17) is 40.5 Å². The molecule has 0 fully saturated rings. The average molecular weight is 344 g/mol. The second-order valence-corrected chi connectivity index (χ2v) is 5.88. The van der Waals surface area contributed by atoms with E-state index in [2.05, 4.69) is 0 Å². The third-order valence-corrected chi connectivity index (χ3v) is 3.93. The topological polar surface area (TPSA) is 46.3 Å². The van der Waals surface area contributed by atoms with Crippen LogP contribution in [0.5, 0.6) is 0 Å². The molecule has 2 aromatic rings. The number of carbonyl (C=O) groups is 1. The van der Waals surface area contributed by atoms with Gasteiger partial charge < -0.3 is 10.6 Å². The summed E-state index contributed by atoms with van der Waals surface area (Å²) in [4.78, 5) is 13.9. The van der Waals surface area contributed by atoms with Gasteiger partial charge in [-0.2, -0.15) is 0 Å².